The normalized spacial score (nSPS) is 16.0. The van der Waals surface area contributed by atoms with Gasteiger partial charge in [-0.1, -0.05) is 23.4 Å². The first kappa shape index (κ1) is 19.5. The second kappa shape index (κ2) is 8.71. The standard InChI is InChI=1S/C21H18ClN3O3S/c1-27-15-8-6-14(7-9-15)17-12-18(19-5-3-11-28-19)25(24-17)20(26)13-29-21-16(22)4-2-10-23-21/h2-11,18H,12-13H2,1H3. The summed E-state index contributed by atoms with van der Waals surface area (Å²) in [6.45, 7) is 0. The van der Waals surface area contributed by atoms with Crippen LogP contribution >= 0.6 is 23.4 Å². The SMILES string of the molecule is COc1ccc(C2=NN(C(=O)CSc3ncccc3Cl)C(c3ccco3)C2)cc1. The predicted molar refractivity (Wildman–Crippen MR) is 112 cm³/mol. The molecule has 2 aromatic heterocycles. The first-order chi connectivity index (χ1) is 14.2. The van der Waals surface area contributed by atoms with Gasteiger partial charge < -0.3 is 9.15 Å². The molecule has 1 amide bonds. The quantitative estimate of drug-likeness (QED) is 0.528. The van der Waals surface area contributed by atoms with Gasteiger partial charge in [0.1, 0.15) is 22.6 Å². The van der Waals surface area contributed by atoms with Gasteiger partial charge in [-0.25, -0.2) is 9.99 Å². The lowest BCUT2D eigenvalue weighted by molar-refractivity contribution is -0.130. The van der Waals surface area contributed by atoms with Gasteiger partial charge in [0.2, 0.25) is 0 Å². The second-order valence-corrected chi connectivity index (χ2v) is 7.70. The molecule has 3 heterocycles. The van der Waals surface area contributed by atoms with Crippen molar-refractivity contribution in [3.05, 3.63) is 77.3 Å². The number of benzene rings is 1. The third-order valence-corrected chi connectivity index (χ3v) is 5.92. The molecule has 29 heavy (non-hydrogen) atoms. The highest BCUT2D eigenvalue weighted by atomic mass is 35.5. The van der Waals surface area contributed by atoms with Crippen LogP contribution in [0.15, 0.2) is 75.5 Å². The summed E-state index contributed by atoms with van der Waals surface area (Å²) in [4.78, 5) is 17.2. The van der Waals surface area contributed by atoms with Crippen LogP contribution in [0.1, 0.15) is 23.8 Å². The van der Waals surface area contributed by atoms with E-state index in [0.29, 0.717) is 22.2 Å². The van der Waals surface area contributed by atoms with E-state index < -0.39 is 0 Å². The van der Waals surface area contributed by atoms with Crippen molar-refractivity contribution in [1.29, 1.82) is 0 Å². The molecule has 1 aliphatic heterocycles. The molecule has 0 fully saturated rings. The third-order valence-electron chi connectivity index (χ3n) is 4.52. The summed E-state index contributed by atoms with van der Waals surface area (Å²) >= 11 is 7.44. The van der Waals surface area contributed by atoms with Crippen LogP contribution in [0.5, 0.6) is 5.75 Å². The minimum absolute atomic E-state index is 0.137. The van der Waals surface area contributed by atoms with Crippen molar-refractivity contribution in [2.45, 2.75) is 17.5 Å². The predicted octanol–water partition coefficient (Wildman–Crippen LogP) is 4.81. The number of rotatable bonds is 6. The van der Waals surface area contributed by atoms with Gasteiger partial charge in [0, 0.05) is 12.6 Å². The van der Waals surface area contributed by atoms with E-state index in [2.05, 4.69) is 10.1 Å². The highest BCUT2D eigenvalue weighted by Crippen LogP contribution is 2.34. The molecule has 0 aliphatic carbocycles. The van der Waals surface area contributed by atoms with Crippen molar-refractivity contribution in [3.63, 3.8) is 0 Å². The molecule has 1 aliphatic rings. The molecule has 0 saturated carbocycles. The van der Waals surface area contributed by atoms with Gasteiger partial charge in [0.05, 0.1) is 29.9 Å². The molecule has 3 aromatic rings. The fourth-order valence-corrected chi connectivity index (χ4v) is 4.09. The number of hydrogen-bond acceptors (Lipinski definition) is 6. The van der Waals surface area contributed by atoms with Crippen LogP contribution in [-0.2, 0) is 4.79 Å². The fourth-order valence-electron chi connectivity index (χ4n) is 3.07. The summed E-state index contributed by atoms with van der Waals surface area (Å²) in [5.74, 6) is 1.51. The number of aromatic nitrogens is 1. The number of carbonyl (C=O) groups excluding carboxylic acids is 1. The number of methoxy groups -OCH3 is 1. The number of hydrogen-bond donors (Lipinski definition) is 0. The third kappa shape index (κ3) is 4.31. The molecule has 0 spiro atoms. The number of furan rings is 1. The van der Waals surface area contributed by atoms with Crippen LogP contribution in [0, 0.1) is 0 Å². The van der Waals surface area contributed by atoms with E-state index in [-0.39, 0.29) is 17.7 Å². The number of carbonyl (C=O) groups is 1. The Morgan fingerprint density at radius 3 is 2.79 bits per heavy atom. The van der Waals surface area contributed by atoms with Crippen LogP contribution in [0.2, 0.25) is 5.02 Å². The van der Waals surface area contributed by atoms with E-state index in [1.165, 1.54) is 16.8 Å². The maximum Gasteiger partial charge on any atom is 0.253 e. The zero-order valence-electron chi connectivity index (χ0n) is 15.6. The summed E-state index contributed by atoms with van der Waals surface area (Å²) in [5.41, 5.74) is 1.77. The maximum absolute atomic E-state index is 13.0. The summed E-state index contributed by atoms with van der Waals surface area (Å²) in [7, 11) is 1.63. The minimum Gasteiger partial charge on any atom is -0.497 e. The summed E-state index contributed by atoms with van der Waals surface area (Å²) < 4.78 is 10.8. The Morgan fingerprint density at radius 1 is 1.28 bits per heavy atom. The molecule has 0 radical (unpaired) electrons. The molecular formula is C21H18ClN3O3S. The van der Waals surface area contributed by atoms with Gasteiger partial charge >= 0.3 is 0 Å². The lowest BCUT2D eigenvalue weighted by Gasteiger charge is -2.19. The van der Waals surface area contributed by atoms with Crippen LogP contribution in [0.25, 0.3) is 0 Å². The monoisotopic (exact) mass is 427 g/mol. The van der Waals surface area contributed by atoms with Crippen LogP contribution in [0.3, 0.4) is 0 Å². The number of nitrogens with zero attached hydrogens (tertiary/aromatic N) is 3. The van der Waals surface area contributed by atoms with Crippen molar-refractivity contribution in [3.8, 4) is 5.75 Å². The Kier molecular flexibility index (Phi) is 5.87. The molecule has 8 heteroatoms. The van der Waals surface area contributed by atoms with Gasteiger partial charge in [-0.05, 0) is 54.1 Å². The second-order valence-electron chi connectivity index (χ2n) is 6.33. The van der Waals surface area contributed by atoms with Crippen molar-refractivity contribution < 1.29 is 13.9 Å². The zero-order valence-corrected chi connectivity index (χ0v) is 17.2. The van der Waals surface area contributed by atoms with Crippen LogP contribution in [-0.4, -0.2) is 34.5 Å². The van der Waals surface area contributed by atoms with Gasteiger partial charge in [0.25, 0.3) is 5.91 Å². The lowest BCUT2D eigenvalue weighted by Crippen LogP contribution is -2.28. The van der Waals surface area contributed by atoms with Crippen LogP contribution < -0.4 is 4.74 Å². The minimum atomic E-state index is -0.283. The molecule has 148 valence electrons. The molecule has 0 saturated heterocycles. The van der Waals surface area contributed by atoms with Gasteiger partial charge in [-0.3, -0.25) is 4.79 Å². The molecule has 0 bridgehead atoms. The van der Waals surface area contributed by atoms with E-state index in [1.54, 1.807) is 31.7 Å². The van der Waals surface area contributed by atoms with Crippen molar-refractivity contribution in [2.24, 2.45) is 5.10 Å². The molecule has 4 rings (SSSR count). The molecular weight excluding hydrogens is 410 g/mol. The number of halogens is 1. The van der Waals surface area contributed by atoms with Crippen molar-refractivity contribution >= 4 is 35.0 Å². The Hall–Kier alpha value is -2.77. The Morgan fingerprint density at radius 2 is 2.10 bits per heavy atom. The van der Waals surface area contributed by atoms with Gasteiger partial charge in [-0.15, -0.1) is 0 Å². The largest absolute Gasteiger partial charge is 0.497 e. The molecule has 1 aromatic carbocycles. The average Bonchev–Trinajstić information content (AvgIpc) is 3.43. The molecule has 6 nitrogen and oxygen atoms in total. The van der Waals surface area contributed by atoms with Crippen molar-refractivity contribution in [1.82, 2.24) is 9.99 Å². The highest BCUT2D eigenvalue weighted by molar-refractivity contribution is 8.00. The Bertz CT molecular complexity index is 1020. The van der Waals surface area contributed by atoms with Gasteiger partial charge in [0.15, 0.2) is 0 Å². The van der Waals surface area contributed by atoms with E-state index in [4.69, 9.17) is 20.8 Å². The topological polar surface area (TPSA) is 67.9 Å². The molecule has 1 unspecified atom stereocenters. The number of thioether (sulfide) groups is 1. The van der Waals surface area contributed by atoms with E-state index in [9.17, 15) is 4.79 Å². The average molecular weight is 428 g/mol. The van der Waals surface area contributed by atoms with Gasteiger partial charge in [-0.2, -0.15) is 5.10 Å². The Balaban J connectivity index is 1.55. The molecule has 1 atom stereocenters. The van der Waals surface area contributed by atoms with E-state index in [0.717, 1.165) is 17.0 Å². The number of pyridine rings is 1. The summed E-state index contributed by atoms with van der Waals surface area (Å²) in [6, 6.07) is 14.5. The summed E-state index contributed by atoms with van der Waals surface area (Å²) in [6.07, 6.45) is 3.83. The first-order valence-electron chi connectivity index (χ1n) is 8.96. The van der Waals surface area contributed by atoms with Crippen molar-refractivity contribution in [2.75, 3.05) is 12.9 Å². The molecule has 0 N–H and O–H groups in total. The first-order valence-corrected chi connectivity index (χ1v) is 10.3. The number of hydrazone groups is 1. The lowest BCUT2D eigenvalue weighted by atomic mass is 10.0. The number of amides is 1. The van der Waals surface area contributed by atoms with E-state index >= 15 is 0 Å². The number of ether oxygens (including phenoxy) is 1. The van der Waals surface area contributed by atoms with E-state index in [1.807, 2.05) is 36.4 Å². The Labute approximate surface area is 177 Å². The fraction of sp³-hybridized carbons (Fsp3) is 0.190. The zero-order chi connectivity index (χ0) is 20.2. The summed E-state index contributed by atoms with van der Waals surface area (Å²) in [5, 5.41) is 7.27. The van der Waals surface area contributed by atoms with Crippen LogP contribution in [0.4, 0.5) is 0 Å². The maximum atomic E-state index is 13.0. The smallest absolute Gasteiger partial charge is 0.253 e. The highest BCUT2D eigenvalue weighted by Gasteiger charge is 2.34.